The molecule has 1 N–H and O–H groups in total. The molecular weight excluding hydrogens is 503 g/mol. The highest BCUT2D eigenvalue weighted by atomic mass is 19.1. The molecule has 3 aromatic carbocycles. The lowest BCUT2D eigenvalue weighted by atomic mass is 9.83. The Labute approximate surface area is 226 Å². The number of methoxy groups -OCH3 is 2. The predicted molar refractivity (Wildman–Crippen MR) is 146 cm³/mol. The van der Waals surface area contributed by atoms with Gasteiger partial charge >= 0.3 is 0 Å². The Hall–Kier alpha value is -4.34. The van der Waals surface area contributed by atoms with Crippen molar-refractivity contribution in [1.82, 2.24) is 5.32 Å². The summed E-state index contributed by atoms with van der Waals surface area (Å²) >= 11 is 0. The minimum absolute atomic E-state index is 0.00445. The Balaban J connectivity index is 1.36. The molecule has 9 nitrogen and oxygen atoms in total. The summed E-state index contributed by atoms with van der Waals surface area (Å²) in [5, 5.41) is 14.5. The van der Waals surface area contributed by atoms with E-state index in [2.05, 4.69) is 10.2 Å². The summed E-state index contributed by atoms with van der Waals surface area (Å²) in [6.45, 7) is 2.02. The molecule has 5 rings (SSSR count). The number of rotatable bonds is 8. The molecule has 3 aromatic rings. The van der Waals surface area contributed by atoms with Gasteiger partial charge < -0.3 is 24.6 Å². The second-order valence-electron chi connectivity index (χ2n) is 9.77. The maximum atomic E-state index is 14.6. The highest BCUT2D eigenvalue weighted by Crippen LogP contribution is 2.39. The van der Waals surface area contributed by atoms with E-state index in [0.29, 0.717) is 56.2 Å². The van der Waals surface area contributed by atoms with E-state index in [9.17, 15) is 19.3 Å². The lowest BCUT2D eigenvalue weighted by Crippen LogP contribution is -2.61. The number of halogens is 1. The molecule has 2 atom stereocenters. The number of piperazine rings is 1. The fourth-order valence-corrected chi connectivity index (χ4v) is 5.65. The van der Waals surface area contributed by atoms with Crippen molar-refractivity contribution in [2.45, 2.75) is 18.9 Å². The maximum absolute atomic E-state index is 14.6. The van der Waals surface area contributed by atoms with Gasteiger partial charge in [-0.1, -0.05) is 18.2 Å². The van der Waals surface area contributed by atoms with E-state index < -0.39 is 10.8 Å². The first-order valence-electron chi connectivity index (χ1n) is 12.9. The molecule has 1 amide bonds. The third kappa shape index (κ3) is 5.32. The molecule has 1 fully saturated rings. The number of nitrogens with one attached hydrogen (secondary N) is 1. The van der Waals surface area contributed by atoms with Gasteiger partial charge in [0, 0.05) is 44.0 Å². The van der Waals surface area contributed by atoms with Crippen LogP contribution in [0.15, 0.2) is 60.7 Å². The molecule has 0 aromatic heterocycles. The van der Waals surface area contributed by atoms with Crippen LogP contribution in [0, 0.1) is 21.8 Å². The Morgan fingerprint density at radius 3 is 2.59 bits per heavy atom. The molecule has 2 heterocycles. The summed E-state index contributed by atoms with van der Waals surface area (Å²) in [5.74, 6) is 0.376. The van der Waals surface area contributed by atoms with Crippen LogP contribution in [0.3, 0.4) is 0 Å². The lowest BCUT2D eigenvalue weighted by molar-refractivity contribution is -0.384. The van der Waals surface area contributed by atoms with E-state index >= 15 is 0 Å². The summed E-state index contributed by atoms with van der Waals surface area (Å²) in [6, 6.07) is 16.9. The number of carbonyl (C=O) groups excluding carboxylic acids is 1. The van der Waals surface area contributed by atoms with Crippen LogP contribution in [-0.2, 0) is 17.6 Å². The zero-order valence-electron chi connectivity index (χ0n) is 21.9. The van der Waals surface area contributed by atoms with Crippen LogP contribution < -0.4 is 24.6 Å². The Morgan fingerprint density at radius 1 is 1.05 bits per heavy atom. The van der Waals surface area contributed by atoms with Gasteiger partial charge in [-0.15, -0.1) is 0 Å². The van der Waals surface area contributed by atoms with Gasteiger partial charge in [-0.05, 0) is 54.3 Å². The monoisotopic (exact) mass is 534 g/mol. The van der Waals surface area contributed by atoms with Crippen LogP contribution >= 0.6 is 0 Å². The van der Waals surface area contributed by atoms with E-state index in [1.54, 1.807) is 44.6 Å². The smallest absolute Gasteiger partial charge is 0.269 e. The van der Waals surface area contributed by atoms with E-state index in [1.165, 1.54) is 12.1 Å². The standard InChI is InChI=1S/C29H31FN4O5/c1-38-27-10-7-19(15-28(27)39-2)11-12-31-29(35)22-17-20-16-21(34(36)37)8-9-24(20)33-14-13-32(18-26(22)33)25-6-4-3-5-23(25)30/h3-10,15-16,22,26H,11-14,17-18H2,1-2H3,(H,31,35)/t22-,26-/m1/s1. The zero-order chi connectivity index (χ0) is 27.5. The average molecular weight is 535 g/mol. The number of ether oxygens (including phenoxy) is 2. The number of nitrogens with zero attached hydrogens (tertiary/aromatic N) is 3. The molecule has 0 saturated carbocycles. The summed E-state index contributed by atoms with van der Waals surface area (Å²) in [4.78, 5) is 28.7. The van der Waals surface area contributed by atoms with Crippen molar-refractivity contribution in [2.24, 2.45) is 5.92 Å². The molecule has 2 aliphatic rings. The number of fused-ring (bicyclic) bond motifs is 3. The topological polar surface area (TPSA) is 97.2 Å². The number of hydrogen-bond acceptors (Lipinski definition) is 7. The minimum Gasteiger partial charge on any atom is -0.493 e. The number of nitro groups is 1. The van der Waals surface area contributed by atoms with Gasteiger partial charge in [0.25, 0.3) is 5.69 Å². The highest BCUT2D eigenvalue weighted by Gasteiger charge is 2.42. The molecule has 1 saturated heterocycles. The van der Waals surface area contributed by atoms with Crippen LogP contribution in [0.2, 0.25) is 0 Å². The molecule has 0 bridgehead atoms. The molecule has 0 spiro atoms. The van der Waals surface area contributed by atoms with E-state index in [-0.39, 0.29) is 23.5 Å². The van der Waals surface area contributed by atoms with Gasteiger partial charge in [0.15, 0.2) is 11.5 Å². The first kappa shape index (κ1) is 26.3. The SMILES string of the molecule is COc1ccc(CCNC(=O)[C@@H]2Cc3cc([N+](=O)[O-])ccc3N3CCN(c4ccccc4F)C[C@H]23)cc1OC. The number of hydrogen-bond donors (Lipinski definition) is 1. The largest absolute Gasteiger partial charge is 0.493 e. The van der Waals surface area contributed by atoms with Crippen LogP contribution in [-0.4, -0.2) is 57.3 Å². The second kappa shape index (κ2) is 11.2. The summed E-state index contributed by atoms with van der Waals surface area (Å²) < 4.78 is 25.3. The quantitative estimate of drug-likeness (QED) is 0.345. The van der Waals surface area contributed by atoms with Gasteiger partial charge in [0.1, 0.15) is 5.82 Å². The summed E-state index contributed by atoms with van der Waals surface area (Å²) in [5.41, 5.74) is 3.18. The minimum atomic E-state index is -0.459. The van der Waals surface area contributed by atoms with E-state index in [0.717, 1.165) is 16.8 Å². The summed E-state index contributed by atoms with van der Waals surface area (Å²) in [7, 11) is 3.16. The number of para-hydroxylation sites is 1. The molecule has 0 unspecified atom stereocenters. The van der Waals surface area contributed by atoms with Crippen molar-refractivity contribution >= 4 is 23.0 Å². The highest BCUT2D eigenvalue weighted by molar-refractivity contribution is 5.82. The fraction of sp³-hybridized carbons (Fsp3) is 0.345. The van der Waals surface area contributed by atoms with Gasteiger partial charge in [-0.3, -0.25) is 14.9 Å². The molecule has 10 heteroatoms. The van der Waals surface area contributed by atoms with E-state index in [4.69, 9.17) is 9.47 Å². The molecule has 0 radical (unpaired) electrons. The number of benzene rings is 3. The lowest BCUT2D eigenvalue weighted by Gasteiger charge is -2.49. The molecule has 204 valence electrons. The van der Waals surface area contributed by atoms with Gasteiger partial charge in [0.2, 0.25) is 5.91 Å². The van der Waals surface area contributed by atoms with Gasteiger partial charge in [-0.2, -0.15) is 0 Å². The maximum Gasteiger partial charge on any atom is 0.269 e. The van der Waals surface area contributed by atoms with Crippen LogP contribution in [0.1, 0.15) is 11.1 Å². The number of amides is 1. The first-order chi connectivity index (χ1) is 18.9. The van der Waals surface area contributed by atoms with Crippen LogP contribution in [0.25, 0.3) is 0 Å². The third-order valence-electron chi connectivity index (χ3n) is 7.60. The van der Waals surface area contributed by atoms with Crippen molar-refractivity contribution in [2.75, 3.05) is 50.2 Å². The average Bonchev–Trinajstić information content (AvgIpc) is 2.96. The van der Waals surface area contributed by atoms with Crippen molar-refractivity contribution in [1.29, 1.82) is 0 Å². The Kier molecular flexibility index (Phi) is 7.53. The zero-order valence-corrected chi connectivity index (χ0v) is 21.9. The third-order valence-corrected chi connectivity index (χ3v) is 7.60. The number of nitro benzene ring substituents is 1. The van der Waals surface area contributed by atoms with E-state index in [1.807, 2.05) is 23.1 Å². The first-order valence-corrected chi connectivity index (χ1v) is 12.9. The fourth-order valence-electron chi connectivity index (χ4n) is 5.65. The normalized spacial score (nSPS) is 18.1. The summed E-state index contributed by atoms with van der Waals surface area (Å²) in [6.07, 6.45) is 0.960. The second-order valence-corrected chi connectivity index (χ2v) is 9.77. The number of anilines is 2. The Morgan fingerprint density at radius 2 is 1.85 bits per heavy atom. The van der Waals surface area contributed by atoms with Crippen molar-refractivity contribution in [3.8, 4) is 11.5 Å². The number of carbonyl (C=O) groups is 1. The van der Waals surface area contributed by atoms with Gasteiger partial charge in [-0.25, -0.2) is 4.39 Å². The van der Waals surface area contributed by atoms with Crippen LogP contribution in [0.4, 0.5) is 21.5 Å². The van der Waals surface area contributed by atoms with Gasteiger partial charge in [0.05, 0.1) is 36.8 Å². The van der Waals surface area contributed by atoms with Crippen LogP contribution in [0.5, 0.6) is 11.5 Å². The molecular formula is C29H31FN4O5. The molecule has 39 heavy (non-hydrogen) atoms. The molecule has 0 aliphatic carbocycles. The predicted octanol–water partition coefficient (Wildman–Crippen LogP) is 3.98. The van der Waals surface area contributed by atoms with Crippen molar-refractivity contribution in [3.05, 3.63) is 87.7 Å². The molecule has 2 aliphatic heterocycles. The Bertz CT molecular complexity index is 1380. The van der Waals surface area contributed by atoms with Crippen molar-refractivity contribution < 1.29 is 23.6 Å². The number of non-ortho nitro benzene ring substituents is 1. The van der Waals surface area contributed by atoms with Crippen molar-refractivity contribution in [3.63, 3.8) is 0 Å².